The summed E-state index contributed by atoms with van der Waals surface area (Å²) in [6, 6.07) is 7.08. The molecule has 1 atom stereocenters. The third-order valence-corrected chi connectivity index (χ3v) is 3.97. The molecule has 0 radical (unpaired) electrons. The maximum atomic E-state index is 12.5. The van der Waals surface area contributed by atoms with E-state index in [1.165, 1.54) is 0 Å². The molecular weight excluding hydrogens is 292 g/mol. The van der Waals surface area contributed by atoms with Crippen LogP contribution in [0.25, 0.3) is 0 Å². The van der Waals surface area contributed by atoms with E-state index in [0.717, 1.165) is 12.1 Å². The van der Waals surface area contributed by atoms with Gasteiger partial charge in [0.15, 0.2) is 0 Å². The molecule has 6 heteroatoms. The summed E-state index contributed by atoms with van der Waals surface area (Å²) in [6.45, 7) is 1.26. The lowest BCUT2D eigenvalue weighted by Crippen LogP contribution is -2.40. The van der Waals surface area contributed by atoms with Crippen molar-refractivity contribution in [3.8, 4) is 0 Å². The van der Waals surface area contributed by atoms with Gasteiger partial charge in [-0.3, -0.25) is 14.5 Å². The van der Waals surface area contributed by atoms with Crippen molar-refractivity contribution >= 4 is 29.2 Å². The lowest BCUT2D eigenvalue weighted by atomic mass is 10.2. The van der Waals surface area contributed by atoms with Gasteiger partial charge in [0.25, 0.3) is 0 Å². The molecule has 21 heavy (non-hydrogen) atoms. The maximum Gasteiger partial charge on any atom is 0.303 e. The van der Waals surface area contributed by atoms with Gasteiger partial charge in [-0.1, -0.05) is 17.7 Å². The summed E-state index contributed by atoms with van der Waals surface area (Å²) in [5.74, 6) is -0.753. The number of amides is 1. The van der Waals surface area contributed by atoms with Gasteiger partial charge in [-0.15, -0.1) is 0 Å². The summed E-state index contributed by atoms with van der Waals surface area (Å²) in [5.41, 5.74) is 0.814. The molecule has 114 valence electrons. The van der Waals surface area contributed by atoms with Crippen LogP contribution >= 0.6 is 11.6 Å². The van der Waals surface area contributed by atoms with E-state index >= 15 is 0 Å². The minimum Gasteiger partial charge on any atom is -0.481 e. The highest BCUT2D eigenvalue weighted by Gasteiger charge is 2.34. The van der Waals surface area contributed by atoms with E-state index in [1.807, 2.05) is 24.1 Å². The van der Waals surface area contributed by atoms with Crippen LogP contribution in [0.2, 0.25) is 5.02 Å². The molecule has 1 amide bonds. The van der Waals surface area contributed by atoms with Gasteiger partial charge in [-0.25, -0.2) is 0 Å². The number of hydrogen-bond acceptors (Lipinski definition) is 3. The molecule has 1 aromatic carbocycles. The lowest BCUT2D eigenvalue weighted by Gasteiger charge is -2.23. The monoisotopic (exact) mass is 310 g/mol. The van der Waals surface area contributed by atoms with Crippen molar-refractivity contribution < 1.29 is 14.7 Å². The number of halogens is 1. The summed E-state index contributed by atoms with van der Waals surface area (Å²) < 4.78 is 0. The molecule has 0 unspecified atom stereocenters. The highest BCUT2D eigenvalue weighted by Crippen LogP contribution is 2.26. The van der Waals surface area contributed by atoms with E-state index in [2.05, 4.69) is 0 Å². The van der Waals surface area contributed by atoms with Crippen LogP contribution in [0.3, 0.4) is 0 Å². The van der Waals surface area contributed by atoms with Crippen molar-refractivity contribution in [1.29, 1.82) is 0 Å². The van der Waals surface area contributed by atoms with Gasteiger partial charge in [-0.05, 0) is 44.6 Å². The Morgan fingerprint density at radius 1 is 1.52 bits per heavy atom. The smallest absolute Gasteiger partial charge is 0.303 e. The molecule has 0 bridgehead atoms. The first-order chi connectivity index (χ1) is 9.99. The molecule has 0 spiro atoms. The second-order valence-corrected chi connectivity index (χ2v) is 5.69. The van der Waals surface area contributed by atoms with Crippen LogP contribution in [0.15, 0.2) is 24.3 Å². The highest BCUT2D eigenvalue weighted by atomic mass is 35.5. The fourth-order valence-electron chi connectivity index (χ4n) is 2.61. The molecule has 2 rings (SSSR count). The number of carbonyl (C=O) groups excluding carboxylic acids is 1. The number of carboxylic acid groups (broad SMARTS) is 1. The third-order valence-electron chi connectivity index (χ3n) is 3.73. The molecule has 0 saturated carbocycles. The summed E-state index contributed by atoms with van der Waals surface area (Å²) in [7, 11) is 1.87. The Morgan fingerprint density at radius 2 is 2.29 bits per heavy atom. The van der Waals surface area contributed by atoms with Gasteiger partial charge in [0, 0.05) is 23.7 Å². The predicted octanol–water partition coefficient (Wildman–Crippen LogP) is 2.24. The fraction of sp³-hybridized carbons (Fsp3) is 0.467. The Balaban J connectivity index is 1.96. The van der Waals surface area contributed by atoms with E-state index in [4.69, 9.17) is 16.7 Å². The molecule has 0 aliphatic carbocycles. The van der Waals surface area contributed by atoms with Crippen LogP contribution in [0.5, 0.6) is 0 Å². The number of aliphatic carboxylic acids is 1. The molecule has 1 saturated heterocycles. The van der Waals surface area contributed by atoms with E-state index in [9.17, 15) is 9.59 Å². The van der Waals surface area contributed by atoms with Crippen LogP contribution in [0.4, 0.5) is 5.69 Å². The number of carbonyl (C=O) groups is 2. The van der Waals surface area contributed by atoms with Crippen molar-refractivity contribution in [2.75, 3.05) is 25.0 Å². The quantitative estimate of drug-likeness (QED) is 0.875. The molecule has 1 heterocycles. The van der Waals surface area contributed by atoms with Crippen LogP contribution < -0.4 is 4.90 Å². The molecule has 1 N–H and O–H groups in total. The Hall–Kier alpha value is -1.59. The predicted molar refractivity (Wildman–Crippen MR) is 81.7 cm³/mol. The van der Waals surface area contributed by atoms with Gasteiger partial charge in [0.1, 0.15) is 0 Å². The zero-order chi connectivity index (χ0) is 15.4. The van der Waals surface area contributed by atoms with Crippen LogP contribution in [0, 0.1) is 0 Å². The van der Waals surface area contributed by atoms with Crippen molar-refractivity contribution in [2.24, 2.45) is 0 Å². The number of anilines is 1. The molecule has 0 aromatic heterocycles. The molecule has 1 aliphatic rings. The van der Waals surface area contributed by atoms with Crippen molar-refractivity contribution in [3.05, 3.63) is 29.3 Å². The molecule has 1 fully saturated rings. The summed E-state index contributed by atoms with van der Waals surface area (Å²) in [6.07, 6.45) is 1.42. The maximum absolute atomic E-state index is 12.5. The lowest BCUT2D eigenvalue weighted by molar-refractivity contribution is -0.137. The molecular formula is C15H19ClN2O3. The average Bonchev–Trinajstić information content (AvgIpc) is 2.80. The Bertz CT molecular complexity index is 535. The second kappa shape index (κ2) is 6.91. The van der Waals surface area contributed by atoms with Gasteiger partial charge in [0.05, 0.1) is 6.04 Å². The number of benzene rings is 1. The number of rotatable bonds is 6. The standard InChI is InChI=1S/C15H19ClN2O3/c1-17(8-3-6-14(19)20)13-7-9-18(15(13)21)12-5-2-4-11(16)10-12/h2,4-5,10,13H,3,6-9H2,1H3,(H,19,20)/t13-/m0/s1. The van der Waals surface area contributed by atoms with E-state index < -0.39 is 5.97 Å². The number of carboxylic acids is 1. The summed E-state index contributed by atoms with van der Waals surface area (Å²) >= 11 is 5.96. The first-order valence-electron chi connectivity index (χ1n) is 6.98. The zero-order valence-electron chi connectivity index (χ0n) is 12.0. The van der Waals surface area contributed by atoms with Crippen LogP contribution in [-0.2, 0) is 9.59 Å². The van der Waals surface area contributed by atoms with E-state index in [1.54, 1.807) is 17.0 Å². The van der Waals surface area contributed by atoms with E-state index in [-0.39, 0.29) is 18.4 Å². The van der Waals surface area contributed by atoms with Crippen molar-refractivity contribution in [1.82, 2.24) is 4.90 Å². The SMILES string of the molecule is CN(CCCC(=O)O)[C@H]1CCN(c2cccc(Cl)c2)C1=O. The zero-order valence-corrected chi connectivity index (χ0v) is 12.7. The minimum absolute atomic E-state index is 0.0510. The number of hydrogen-bond donors (Lipinski definition) is 1. The first kappa shape index (κ1) is 15.8. The van der Waals surface area contributed by atoms with Gasteiger partial charge in [-0.2, -0.15) is 0 Å². The molecule has 1 aliphatic heterocycles. The molecule has 5 nitrogen and oxygen atoms in total. The summed E-state index contributed by atoms with van der Waals surface area (Å²) in [4.78, 5) is 26.7. The fourth-order valence-corrected chi connectivity index (χ4v) is 2.79. The number of likely N-dealkylation sites (N-methyl/N-ethyl adjacent to an activating group) is 1. The highest BCUT2D eigenvalue weighted by molar-refractivity contribution is 6.30. The van der Waals surface area contributed by atoms with Crippen molar-refractivity contribution in [2.45, 2.75) is 25.3 Å². The Morgan fingerprint density at radius 3 is 2.95 bits per heavy atom. The average molecular weight is 311 g/mol. The largest absolute Gasteiger partial charge is 0.481 e. The van der Waals surface area contributed by atoms with Crippen LogP contribution in [0.1, 0.15) is 19.3 Å². The summed E-state index contributed by atoms with van der Waals surface area (Å²) in [5, 5.41) is 9.26. The van der Waals surface area contributed by atoms with Gasteiger partial charge < -0.3 is 10.0 Å². The van der Waals surface area contributed by atoms with Gasteiger partial charge in [0.2, 0.25) is 5.91 Å². The molecule has 1 aromatic rings. The van der Waals surface area contributed by atoms with E-state index in [0.29, 0.717) is 24.5 Å². The third kappa shape index (κ3) is 3.95. The number of nitrogens with zero attached hydrogens (tertiary/aromatic N) is 2. The normalized spacial score (nSPS) is 18.5. The first-order valence-corrected chi connectivity index (χ1v) is 7.36. The second-order valence-electron chi connectivity index (χ2n) is 5.25. The van der Waals surface area contributed by atoms with Crippen LogP contribution in [-0.4, -0.2) is 48.1 Å². The minimum atomic E-state index is -0.804. The Labute approximate surface area is 129 Å². The van der Waals surface area contributed by atoms with Crippen molar-refractivity contribution in [3.63, 3.8) is 0 Å². The van der Waals surface area contributed by atoms with Gasteiger partial charge >= 0.3 is 5.97 Å². The Kier molecular flexibility index (Phi) is 5.20. The topological polar surface area (TPSA) is 60.9 Å².